The van der Waals surface area contributed by atoms with E-state index >= 15 is 0 Å². The van der Waals surface area contributed by atoms with Crippen molar-refractivity contribution in [1.29, 1.82) is 0 Å². The molecule has 0 heterocycles. The summed E-state index contributed by atoms with van der Waals surface area (Å²) in [5, 5.41) is 3.47. The average Bonchev–Trinajstić information content (AvgIpc) is 2.31. The van der Waals surface area contributed by atoms with Crippen LogP contribution in [-0.2, 0) is 6.42 Å². The van der Waals surface area contributed by atoms with Gasteiger partial charge in [-0.15, -0.1) is 0 Å². The Morgan fingerprint density at radius 3 is 2.50 bits per heavy atom. The zero-order chi connectivity index (χ0) is 13.4. The number of rotatable bonds is 8. The van der Waals surface area contributed by atoms with Crippen LogP contribution in [0.4, 0.5) is 4.39 Å². The number of hydrogen-bond donors (Lipinski definition) is 1. The molecule has 0 aromatic heterocycles. The molecular formula is C16H26FN. The van der Waals surface area contributed by atoms with Gasteiger partial charge in [0.25, 0.3) is 0 Å². The van der Waals surface area contributed by atoms with E-state index < -0.39 is 0 Å². The third-order valence-electron chi connectivity index (χ3n) is 3.18. The first-order valence-corrected chi connectivity index (χ1v) is 7.06. The van der Waals surface area contributed by atoms with E-state index in [2.05, 4.69) is 26.1 Å². The lowest BCUT2D eigenvalue weighted by Gasteiger charge is -2.14. The minimum absolute atomic E-state index is 0.0917. The first-order valence-electron chi connectivity index (χ1n) is 7.06. The van der Waals surface area contributed by atoms with E-state index in [9.17, 15) is 4.39 Å². The van der Waals surface area contributed by atoms with Gasteiger partial charge in [0.2, 0.25) is 0 Å². The van der Waals surface area contributed by atoms with Gasteiger partial charge in [-0.05, 0) is 43.9 Å². The van der Waals surface area contributed by atoms with E-state index in [0.29, 0.717) is 6.04 Å². The Morgan fingerprint density at radius 2 is 1.83 bits per heavy atom. The van der Waals surface area contributed by atoms with Gasteiger partial charge >= 0.3 is 0 Å². The van der Waals surface area contributed by atoms with Crippen molar-refractivity contribution in [2.45, 2.75) is 52.5 Å². The molecule has 18 heavy (non-hydrogen) atoms. The Kier molecular flexibility index (Phi) is 6.96. The maximum atomic E-state index is 13.5. The molecule has 1 N–H and O–H groups in total. The summed E-state index contributed by atoms with van der Waals surface area (Å²) in [6.45, 7) is 7.67. The van der Waals surface area contributed by atoms with Gasteiger partial charge in [0.15, 0.2) is 0 Å². The molecule has 0 fully saturated rings. The van der Waals surface area contributed by atoms with Crippen LogP contribution in [0.15, 0.2) is 24.3 Å². The van der Waals surface area contributed by atoms with E-state index in [1.54, 1.807) is 6.07 Å². The summed E-state index contributed by atoms with van der Waals surface area (Å²) >= 11 is 0. The van der Waals surface area contributed by atoms with Gasteiger partial charge in [0, 0.05) is 6.04 Å². The van der Waals surface area contributed by atoms with Crippen molar-refractivity contribution in [3.8, 4) is 0 Å². The molecule has 0 aliphatic carbocycles. The monoisotopic (exact) mass is 251 g/mol. The Hall–Kier alpha value is -0.890. The standard InChI is InChI=1S/C16H26FN/c1-13(2)8-6-7-11-18-14(3)12-15-9-4-5-10-16(15)17/h4-5,9-10,13-14,18H,6-8,11-12H2,1-3H3. The van der Waals surface area contributed by atoms with Crippen LogP contribution in [0.1, 0.15) is 45.6 Å². The summed E-state index contributed by atoms with van der Waals surface area (Å²) in [6, 6.07) is 7.37. The molecule has 0 aliphatic rings. The molecule has 1 nitrogen and oxygen atoms in total. The molecule has 2 heteroatoms. The highest BCUT2D eigenvalue weighted by Crippen LogP contribution is 2.09. The van der Waals surface area contributed by atoms with Gasteiger partial charge in [0.1, 0.15) is 5.82 Å². The fourth-order valence-electron chi connectivity index (χ4n) is 2.09. The maximum Gasteiger partial charge on any atom is 0.126 e. The molecule has 0 saturated heterocycles. The molecule has 0 aliphatic heterocycles. The van der Waals surface area contributed by atoms with Crippen molar-refractivity contribution >= 4 is 0 Å². The van der Waals surface area contributed by atoms with Gasteiger partial charge in [-0.1, -0.05) is 44.9 Å². The number of unbranched alkanes of at least 4 members (excludes halogenated alkanes) is 1. The maximum absolute atomic E-state index is 13.5. The number of benzene rings is 1. The second-order valence-electron chi connectivity index (χ2n) is 5.54. The number of hydrogen-bond acceptors (Lipinski definition) is 1. The summed E-state index contributed by atoms with van der Waals surface area (Å²) in [5.74, 6) is 0.701. The second kappa shape index (κ2) is 8.25. The molecule has 0 spiro atoms. The van der Waals surface area contributed by atoms with Crippen molar-refractivity contribution in [2.75, 3.05) is 6.54 Å². The smallest absolute Gasteiger partial charge is 0.126 e. The van der Waals surface area contributed by atoms with Gasteiger partial charge in [-0.3, -0.25) is 0 Å². The average molecular weight is 251 g/mol. The van der Waals surface area contributed by atoms with Crippen LogP contribution in [0, 0.1) is 11.7 Å². The minimum atomic E-state index is -0.0917. The van der Waals surface area contributed by atoms with E-state index in [1.165, 1.54) is 25.3 Å². The zero-order valence-electron chi connectivity index (χ0n) is 11.9. The highest BCUT2D eigenvalue weighted by Gasteiger charge is 2.06. The minimum Gasteiger partial charge on any atom is -0.314 e. The molecule has 1 aromatic rings. The van der Waals surface area contributed by atoms with E-state index in [1.807, 2.05) is 12.1 Å². The lowest BCUT2D eigenvalue weighted by molar-refractivity contribution is 0.484. The lowest BCUT2D eigenvalue weighted by atomic mass is 10.1. The predicted octanol–water partition coefficient (Wildman–Crippen LogP) is 4.17. The summed E-state index contributed by atoms with van der Waals surface area (Å²) in [6.07, 6.45) is 4.54. The lowest BCUT2D eigenvalue weighted by Crippen LogP contribution is -2.29. The molecule has 1 unspecified atom stereocenters. The van der Waals surface area contributed by atoms with Gasteiger partial charge in [0.05, 0.1) is 0 Å². The fraction of sp³-hybridized carbons (Fsp3) is 0.625. The molecule has 1 aromatic carbocycles. The van der Waals surface area contributed by atoms with Crippen LogP contribution >= 0.6 is 0 Å². The van der Waals surface area contributed by atoms with Crippen molar-refractivity contribution in [2.24, 2.45) is 5.92 Å². The van der Waals surface area contributed by atoms with Crippen LogP contribution in [0.3, 0.4) is 0 Å². The fourth-order valence-corrected chi connectivity index (χ4v) is 2.09. The van der Waals surface area contributed by atoms with Gasteiger partial charge < -0.3 is 5.32 Å². The SMILES string of the molecule is CC(C)CCCCNC(C)Cc1ccccc1F. The topological polar surface area (TPSA) is 12.0 Å². The van der Waals surface area contributed by atoms with Crippen LogP contribution in [0.5, 0.6) is 0 Å². The summed E-state index contributed by atoms with van der Waals surface area (Å²) < 4.78 is 13.5. The molecular weight excluding hydrogens is 225 g/mol. The number of nitrogens with one attached hydrogen (secondary N) is 1. The highest BCUT2D eigenvalue weighted by atomic mass is 19.1. The predicted molar refractivity (Wildman–Crippen MR) is 76.3 cm³/mol. The van der Waals surface area contributed by atoms with Crippen LogP contribution in [-0.4, -0.2) is 12.6 Å². The Balaban J connectivity index is 2.18. The van der Waals surface area contributed by atoms with Gasteiger partial charge in [-0.25, -0.2) is 4.39 Å². The van der Waals surface area contributed by atoms with Crippen molar-refractivity contribution in [1.82, 2.24) is 5.32 Å². The molecule has 0 saturated carbocycles. The van der Waals surface area contributed by atoms with Crippen molar-refractivity contribution < 1.29 is 4.39 Å². The van der Waals surface area contributed by atoms with E-state index in [-0.39, 0.29) is 5.82 Å². The first kappa shape index (κ1) is 15.2. The van der Waals surface area contributed by atoms with Crippen molar-refractivity contribution in [3.05, 3.63) is 35.6 Å². The van der Waals surface area contributed by atoms with Crippen LogP contribution in [0.25, 0.3) is 0 Å². The summed E-state index contributed by atoms with van der Waals surface area (Å²) in [7, 11) is 0. The van der Waals surface area contributed by atoms with Crippen molar-refractivity contribution in [3.63, 3.8) is 0 Å². The molecule has 102 valence electrons. The molecule has 1 atom stereocenters. The molecule has 0 amide bonds. The first-order chi connectivity index (χ1) is 8.59. The quantitative estimate of drug-likeness (QED) is 0.684. The van der Waals surface area contributed by atoms with E-state index in [0.717, 1.165) is 24.4 Å². The normalized spacial score (nSPS) is 12.9. The van der Waals surface area contributed by atoms with E-state index in [4.69, 9.17) is 0 Å². The summed E-state index contributed by atoms with van der Waals surface area (Å²) in [4.78, 5) is 0. The molecule has 1 rings (SSSR count). The Labute approximate surface area is 111 Å². The zero-order valence-corrected chi connectivity index (χ0v) is 11.9. The Bertz CT molecular complexity index is 336. The number of halogens is 1. The summed E-state index contributed by atoms with van der Waals surface area (Å²) in [5.41, 5.74) is 0.805. The third-order valence-corrected chi connectivity index (χ3v) is 3.18. The van der Waals surface area contributed by atoms with Crippen LogP contribution < -0.4 is 5.32 Å². The molecule has 0 bridgehead atoms. The van der Waals surface area contributed by atoms with Gasteiger partial charge in [-0.2, -0.15) is 0 Å². The highest BCUT2D eigenvalue weighted by molar-refractivity contribution is 5.18. The Morgan fingerprint density at radius 1 is 1.11 bits per heavy atom. The second-order valence-corrected chi connectivity index (χ2v) is 5.54. The molecule has 0 radical (unpaired) electrons. The van der Waals surface area contributed by atoms with Crippen LogP contribution in [0.2, 0.25) is 0 Å². The largest absolute Gasteiger partial charge is 0.314 e. The third kappa shape index (κ3) is 6.15.